The highest BCUT2D eigenvalue weighted by Gasteiger charge is 2.19. The number of ether oxygens (including phenoxy) is 1. The third-order valence-corrected chi connectivity index (χ3v) is 3.16. The first-order chi connectivity index (χ1) is 9.69. The van der Waals surface area contributed by atoms with Gasteiger partial charge >= 0.3 is 0 Å². The third-order valence-electron chi connectivity index (χ3n) is 3.16. The normalized spacial score (nSPS) is 15.8. The van der Waals surface area contributed by atoms with Crippen molar-refractivity contribution in [3.63, 3.8) is 0 Å². The topological polar surface area (TPSA) is 71.7 Å². The van der Waals surface area contributed by atoms with Crippen LogP contribution in [0.15, 0.2) is 4.52 Å². The Morgan fingerprint density at radius 1 is 1.40 bits per heavy atom. The molecule has 0 N–H and O–H groups in total. The van der Waals surface area contributed by atoms with Gasteiger partial charge in [-0.05, 0) is 13.5 Å². The van der Waals surface area contributed by atoms with E-state index in [0.717, 1.165) is 18.7 Å². The van der Waals surface area contributed by atoms with Gasteiger partial charge in [0, 0.05) is 19.5 Å². The number of hydrogen-bond acceptors (Lipinski definition) is 6. The Kier molecular flexibility index (Phi) is 5.49. The number of carbonyl (C=O) groups excluding carboxylic acids is 1. The standard InChI is InChI=1S/C13H22N4O3/c1-3-4-11-14-12(20-15-11)9-16(2)10-13(18)17-5-7-19-8-6-17/h3-10H2,1-2H3. The highest BCUT2D eigenvalue weighted by atomic mass is 16.5. The lowest BCUT2D eigenvalue weighted by Gasteiger charge is -2.28. The molecular weight excluding hydrogens is 260 g/mol. The molecule has 1 fully saturated rings. The molecule has 2 heterocycles. The fraction of sp³-hybridized carbons (Fsp3) is 0.769. The highest BCUT2D eigenvalue weighted by molar-refractivity contribution is 5.78. The summed E-state index contributed by atoms with van der Waals surface area (Å²) in [7, 11) is 1.88. The van der Waals surface area contributed by atoms with E-state index in [1.54, 1.807) is 0 Å². The number of likely N-dealkylation sites (N-methyl/N-ethyl adjacent to an activating group) is 1. The van der Waals surface area contributed by atoms with Crippen molar-refractivity contribution < 1.29 is 14.1 Å². The largest absolute Gasteiger partial charge is 0.378 e. The van der Waals surface area contributed by atoms with Crippen LogP contribution in [0.25, 0.3) is 0 Å². The minimum Gasteiger partial charge on any atom is -0.378 e. The van der Waals surface area contributed by atoms with E-state index in [2.05, 4.69) is 17.1 Å². The smallest absolute Gasteiger partial charge is 0.240 e. The van der Waals surface area contributed by atoms with Crippen LogP contribution in [0.4, 0.5) is 0 Å². The van der Waals surface area contributed by atoms with Crippen molar-refractivity contribution in [3.05, 3.63) is 11.7 Å². The molecule has 1 aliphatic rings. The number of hydrogen-bond donors (Lipinski definition) is 0. The molecule has 1 aromatic heterocycles. The minimum atomic E-state index is 0.115. The zero-order valence-electron chi connectivity index (χ0n) is 12.2. The first-order valence-electron chi connectivity index (χ1n) is 7.04. The van der Waals surface area contributed by atoms with E-state index in [0.29, 0.717) is 45.3 Å². The summed E-state index contributed by atoms with van der Waals surface area (Å²) in [6, 6.07) is 0. The zero-order valence-corrected chi connectivity index (χ0v) is 12.2. The number of aryl methyl sites for hydroxylation is 1. The van der Waals surface area contributed by atoms with E-state index in [4.69, 9.17) is 9.26 Å². The molecular formula is C13H22N4O3. The molecule has 7 heteroatoms. The molecule has 1 aromatic rings. The lowest BCUT2D eigenvalue weighted by Crippen LogP contribution is -2.44. The molecule has 7 nitrogen and oxygen atoms in total. The predicted octanol–water partition coefficient (Wildman–Crippen LogP) is 0.313. The van der Waals surface area contributed by atoms with Gasteiger partial charge < -0.3 is 14.2 Å². The van der Waals surface area contributed by atoms with E-state index in [1.165, 1.54) is 0 Å². The molecule has 1 saturated heterocycles. The van der Waals surface area contributed by atoms with Crippen LogP contribution in [-0.2, 0) is 22.5 Å². The Hall–Kier alpha value is -1.47. The van der Waals surface area contributed by atoms with Gasteiger partial charge in [-0.25, -0.2) is 0 Å². The van der Waals surface area contributed by atoms with Gasteiger partial charge in [-0.1, -0.05) is 12.1 Å². The van der Waals surface area contributed by atoms with E-state index >= 15 is 0 Å². The van der Waals surface area contributed by atoms with Crippen molar-refractivity contribution >= 4 is 5.91 Å². The monoisotopic (exact) mass is 282 g/mol. The van der Waals surface area contributed by atoms with Crippen LogP contribution < -0.4 is 0 Å². The summed E-state index contributed by atoms with van der Waals surface area (Å²) in [4.78, 5) is 20.1. The molecule has 0 saturated carbocycles. The second-order valence-corrected chi connectivity index (χ2v) is 5.02. The Bertz CT molecular complexity index is 429. The Morgan fingerprint density at radius 3 is 2.85 bits per heavy atom. The summed E-state index contributed by atoms with van der Waals surface area (Å²) in [5.74, 6) is 1.41. The van der Waals surface area contributed by atoms with E-state index in [1.807, 2.05) is 16.8 Å². The van der Waals surface area contributed by atoms with Gasteiger partial charge in [0.05, 0.1) is 26.3 Å². The minimum absolute atomic E-state index is 0.115. The van der Waals surface area contributed by atoms with Crippen molar-refractivity contribution in [2.45, 2.75) is 26.3 Å². The predicted molar refractivity (Wildman–Crippen MR) is 72.0 cm³/mol. The maximum absolute atomic E-state index is 12.1. The zero-order chi connectivity index (χ0) is 14.4. The first-order valence-corrected chi connectivity index (χ1v) is 7.04. The summed E-state index contributed by atoms with van der Waals surface area (Å²) >= 11 is 0. The molecule has 20 heavy (non-hydrogen) atoms. The van der Waals surface area contributed by atoms with Gasteiger partial charge in [0.25, 0.3) is 0 Å². The summed E-state index contributed by atoms with van der Waals surface area (Å²) in [5, 5.41) is 3.90. The Labute approximate surface area is 118 Å². The molecule has 0 spiro atoms. The van der Waals surface area contributed by atoms with Crippen molar-refractivity contribution in [1.29, 1.82) is 0 Å². The summed E-state index contributed by atoms with van der Waals surface area (Å²) in [6.45, 7) is 5.52. The molecule has 0 atom stereocenters. The van der Waals surface area contributed by atoms with Gasteiger partial charge in [0.15, 0.2) is 5.82 Å². The second kappa shape index (κ2) is 7.35. The number of morpholine rings is 1. The van der Waals surface area contributed by atoms with Crippen molar-refractivity contribution in [3.8, 4) is 0 Å². The summed E-state index contributed by atoms with van der Waals surface area (Å²) in [6.07, 6.45) is 1.81. The number of nitrogens with zero attached hydrogens (tertiary/aromatic N) is 4. The van der Waals surface area contributed by atoms with Crippen molar-refractivity contribution in [1.82, 2.24) is 19.9 Å². The quantitative estimate of drug-likeness (QED) is 0.748. The van der Waals surface area contributed by atoms with Crippen LogP contribution in [0.3, 0.4) is 0 Å². The van der Waals surface area contributed by atoms with Gasteiger partial charge in [-0.3, -0.25) is 9.69 Å². The number of rotatable bonds is 6. The number of carbonyl (C=O) groups is 1. The average molecular weight is 282 g/mol. The Balaban J connectivity index is 1.78. The molecule has 0 bridgehead atoms. The number of amides is 1. The maximum atomic E-state index is 12.1. The summed E-state index contributed by atoms with van der Waals surface area (Å²) < 4.78 is 10.4. The molecule has 0 aromatic carbocycles. The first kappa shape index (κ1) is 14.9. The molecule has 1 amide bonds. The van der Waals surface area contributed by atoms with E-state index < -0.39 is 0 Å². The molecule has 1 aliphatic heterocycles. The van der Waals surface area contributed by atoms with Crippen molar-refractivity contribution in [2.75, 3.05) is 39.9 Å². The third kappa shape index (κ3) is 4.28. The highest BCUT2D eigenvalue weighted by Crippen LogP contribution is 2.04. The van der Waals surface area contributed by atoms with E-state index in [9.17, 15) is 4.79 Å². The average Bonchev–Trinajstić information content (AvgIpc) is 2.87. The SMILES string of the molecule is CCCc1noc(CN(C)CC(=O)N2CCOCC2)n1. The maximum Gasteiger partial charge on any atom is 0.240 e. The van der Waals surface area contributed by atoms with Crippen LogP contribution in [-0.4, -0.2) is 65.7 Å². The molecule has 0 aliphatic carbocycles. The number of aromatic nitrogens is 2. The molecule has 0 unspecified atom stereocenters. The second-order valence-electron chi connectivity index (χ2n) is 5.02. The summed E-state index contributed by atoms with van der Waals surface area (Å²) in [5.41, 5.74) is 0. The Morgan fingerprint density at radius 2 is 2.15 bits per heavy atom. The lowest BCUT2D eigenvalue weighted by molar-refractivity contribution is -0.136. The van der Waals surface area contributed by atoms with Crippen LogP contribution in [0, 0.1) is 0 Å². The fourth-order valence-electron chi connectivity index (χ4n) is 2.11. The van der Waals surface area contributed by atoms with Gasteiger partial charge in [-0.15, -0.1) is 0 Å². The molecule has 2 rings (SSSR count). The van der Waals surface area contributed by atoms with Crippen LogP contribution >= 0.6 is 0 Å². The van der Waals surface area contributed by atoms with E-state index in [-0.39, 0.29) is 5.91 Å². The van der Waals surface area contributed by atoms with Crippen LogP contribution in [0.5, 0.6) is 0 Å². The van der Waals surface area contributed by atoms with Gasteiger partial charge in [0.2, 0.25) is 11.8 Å². The lowest BCUT2D eigenvalue weighted by atomic mass is 10.3. The van der Waals surface area contributed by atoms with Gasteiger partial charge in [-0.2, -0.15) is 4.98 Å². The van der Waals surface area contributed by atoms with Crippen LogP contribution in [0.1, 0.15) is 25.1 Å². The van der Waals surface area contributed by atoms with Crippen molar-refractivity contribution in [2.24, 2.45) is 0 Å². The van der Waals surface area contributed by atoms with Gasteiger partial charge in [0.1, 0.15) is 0 Å². The fourth-order valence-corrected chi connectivity index (χ4v) is 2.11. The molecule has 112 valence electrons. The molecule has 0 radical (unpaired) electrons. The van der Waals surface area contributed by atoms with Crippen LogP contribution in [0.2, 0.25) is 0 Å².